The molecule has 31 heavy (non-hydrogen) atoms. The molecule has 4 rings (SSSR count). The zero-order valence-corrected chi connectivity index (χ0v) is 24.5. The van der Waals surface area contributed by atoms with Crippen LogP contribution in [0.1, 0.15) is 22.8 Å². The number of nitrogens with zero attached hydrogens (tertiary/aromatic N) is 3. The quantitative estimate of drug-likeness (QED) is 0.461. The summed E-state index contributed by atoms with van der Waals surface area (Å²) in [5, 5.41) is 0. The van der Waals surface area contributed by atoms with Crippen LogP contribution >= 0.6 is 0 Å². The van der Waals surface area contributed by atoms with E-state index in [2.05, 4.69) is 16.0 Å². The Balaban J connectivity index is 0.00000171. The van der Waals surface area contributed by atoms with Crippen LogP contribution in [0.25, 0.3) is 11.0 Å². The van der Waals surface area contributed by atoms with Crippen molar-refractivity contribution in [3.63, 3.8) is 0 Å². The van der Waals surface area contributed by atoms with Crippen LogP contribution in [0, 0.1) is 7.43 Å². The van der Waals surface area contributed by atoms with Gasteiger partial charge in [-0.15, -0.1) is 0 Å². The molecule has 0 bridgehead atoms. The first kappa shape index (κ1) is 26.7. The molecule has 1 aromatic heterocycles. The summed E-state index contributed by atoms with van der Waals surface area (Å²) >= 11 is 0. The monoisotopic (exact) mass is 553 g/mol. The second-order valence-electron chi connectivity index (χ2n) is 7.23. The fourth-order valence-electron chi connectivity index (χ4n) is 3.72. The predicted octanol–water partition coefficient (Wildman–Crippen LogP) is 1.63. The predicted molar refractivity (Wildman–Crippen MR) is 109 cm³/mol. The number of halogens is 3. The van der Waals surface area contributed by atoms with Crippen LogP contribution < -0.4 is 73.6 Å². The largest absolute Gasteiger partial charge is 1.00 e. The summed E-state index contributed by atoms with van der Waals surface area (Å²) in [5.41, 5.74) is 2.83. The average molecular weight is 553 g/mol. The molecule has 0 amide bonds. The van der Waals surface area contributed by atoms with Crippen LogP contribution in [0.5, 0.6) is 5.75 Å². The molecule has 0 spiro atoms. The zero-order chi connectivity index (χ0) is 20.6. The van der Waals surface area contributed by atoms with Gasteiger partial charge in [0, 0.05) is 26.7 Å². The maximum atomic E-state index is 13.3. The van der Waals surface area contributed by atoms with E-state index in [-0.39, 0.29) is 88.2 Å². The molecule has 3 aromatic rings. The first-order valence-electron chi connectivity index (χ1n) is 9.34. The maximum Gasteiger partial charge on any atom is 1.00 e. The van der Waals surface area contributed by atoms with E-state index in [4.69, 9.17) is 9.47 Å². The summed E-state index contributed by atoms with van der Waals surface area (Å²) in [7, 11) is 3.19. The summed E-state index contributed by atoms with van der Waals surface area (Å²) in [5.74, 6) is -0.161. The molecule has 0 N–H and O–H groups in total. The molecule has 0 radical (unpaired) electrons. The number of benzene rings is 2. The van der Waals surface area contributed by atoms with Crippen molar-refractivity contribution in [2.45, 2.75) is 18.8 Å². The Hall–Kier alpha value is -0.528. The number of aryl methyl sites for hydroxylation is 1. The molecule has 9 heteroatoms. The number of imidazole rings is 1. The molecular formula is C22H25CsF3N3O2. The standard InChI is InChI=1S/C21H22F3N3O2.CH3.Cs/c1-26-13-25-17-5-4-15(10-18(17)26)20-12-27(7-8-29-20)11-14-3-6-19(28-2)16(9-14)21(22,23)24;;/h3-6,9-10,13,20H,7-8,11-12H2,1-2H3;1H3;/q;-1;+1. The molecule has 0 saturated carbocycles. The van der Waals surface area contributed by atoms with Crippen LogP contribution in [-0.2, 0) is 24.5 Å². The first-order valence-corrected chi connectivity index (χ1v) is 9.34. The second kappa shape index (κ2) is 11.1. The minimum Gasteiger partial charge on any atom is -0.496 e. The van der Waals surface area contributed by atoms with E-state index >= 15 is 0 Å². The number of methoxy groups -OCH3 is 1. The Morgan fingerprint density at radius 1 is 1.19 bits per heavy atom. The van der Waals surface area contributed by atoms with Gasteiger partial charge >= 0.3 is 75.1 Å². The second-order valence-corrected chi connectivity index (χ2v) is 7.23. The Morgan fingerprint density at radius 2 is 1.97 bits per heavy atom. The minimum absolute atomic E-state index is 0. The summed E-state index contributed by atoms with van der Waals surface area (Å²) in [6, 6.07) is 10.3. The summed E-state index contributed by atoms with van der Waals surface area (Å²) in [6.07, 6.45) is -2.82. The van der Waals surface area contributed by atoms with Crippen molar-refractivity contribution in [3.8, 4) is 5.75 Å². The third-order valence-electron chi connectivity index (χ3n) is 5.25. The molecule has 2 heterocycles. The van der Waals surface area contributed by atoms with Gasteiger partial charge in [0.15, 0.2) is 0 Å². The summed E-state index contributed by atoms with van der Waals surface area (Å²) in [6.45, 7) is 2.21. The molecular weight excluding hydrogens is 528 g/mol. The van der Waals surface area contributed by atoms with E-state index in [1.165, 1.54) is 19.2 Å². The molecule has 162 valence electrons. The Bertz CT molecular complexity index is 1020. The average Bonchev–Trinajstić information content (AvgIpc) is 3.08. The number of rotatable bonds is 4. The molecule has 2 aromatic carbocycles. The summed E-state index contributed by atoms with van der Waals surface area (Å²) in [4.78, 5) is 6.44. The zero-order valence-electron chi connectivity index (χ0n) is 18.2. The minimum atomic E-state index is -4.45. The van der Waals surface area contributed by atoms with E-state index in [0.717, 1.165) is 16.6 Å². The molecule has 1 unspecified atom stereocenters. The van der Waals surface area contributed by atoms with Crippen LogP contribution in [0.3, 0.4) is 0 Å². The number of hydrogen-bond acceptors (Lipinski definition) is 4. The van der Waals surface area contributed by atoms with Crippen molar-refractivity contribution in [2.24, 2.45) is 7.05 Å². The van der Waals surface area contributed by atoms with Crippen molar-refractivity contribution in [1.29, 1.82) is 0 Å². The van der Waals surface area contributed by atoms with E-state index in [1.807, 2.05) is 23.7 Å². The van der Waals surface area contributed by atoms with Gasteiger partial charge in [-0.05, 0) is 35.4 Å². The van der Waals surface area contributed by atoms with E-state index in [0.29, 0.717) is 31.8 Å². The van der Waals surface area contributed by atoms with Gasteiger partial charge in [-0.3, -0.25) is 4.90 Å². The van der Waals surface area contributed by atoms with Gasteiger partial charge in [-0.1, -0.05) is 12.1 Å². The molecule has 0 aliphatic carbocycles. The molecule has 1 aliphatic heterocycles. The van der Waals surface area contributed by atoms with Crippen molar-refractivity contribution < 1.29 is 91.5 Å². The van der Waals surface area contributed by atoms with Crippen LogP contribution in [-0.4, -0.2) is 41.3 Å². The van der Waals surface area contributed by atoms with Gasteiger partial charge in [0.25, 0.3) is 0 Å². The number of morpholine rings is 1. The van der Waals surface area contributed by atoms with Crippen LogP contribution in [0.2, 0.25) is 0 Å². The van der Waals surface area contributed by atoms with Crippen molar-refractivity contribution >= 4 is 11.0 Å². The normalized spacial score (nSPS) is 17.1. The fraction of sp³-hybridized carbons (Fsp3) is 0.364. The number of fused-ring (bicyclic) bond motifs is 1. The van der Waals surface area contributed by atoms with Gasteiger partial charge in [0.2, 0.25) is 0 Å². The SMILES string of the molecule is COc1ccc(CN2CCOC(c3ccc4ncn(C)c4c3)C2)cc1C(F)(F)F.[CH3-].[Cs+]. The molecule has 1 fully saturated rings. The smallest absolute Gasteiger partial charge is 0.496 e. The Kier molecular flexibility index (Phi) is 9.54. The molecule has 1 atom stereocenters. The summed E-state index contributed by atoms with van der Waals surface area (Å²) < 4.78 is 52.6. The van der Waals surface area contributed by atoms with Crippen molar-refractivity contribution in [1.82, 2.24) is 14.5 Å². The van der Waals surface area contributed by atoms with Gasteiger partial charge in [0.1, 0.15) is 5.75 Å². The number of hydrogen-bond donors (Lipinski definition) is 0. The Morgan fingerprint density at radius 3 is 2.68 bits per heavy atom. The van der Waals surface area contributed by atoms with E-state index < -0.39 is 11.7 Å². The van der Waals surface area contributed by atoms with Gasteiger partial charge < -0.3 is 21.5 Å². The van der Waals surface area contributed by atoms with E-state index in [9.17, 15) is 13.2 Å². The van der Waals surface area contributed by atoms with Crippen molar-refractivity contribution in [3.05, 3.63) is 66.8 Å². The first-order chi connectivity index (χ1) is 13.8. The molecule has 5 nitrogen and oxygen atoms in total. The topological polar surface area (TPSA) is 39.5 Å². The van der Waals surface area contributed by atoms with Crippen molar-refractivity contribution in [2.75, 3.05) is 26.8 Å². The van der Waals surface area contributed by atoms with Gasteiger partial charge in [-0.25, -0.2) is 4.98 Å². The van der Waals surface area contributed by atoms with Crippen LogP contribution in [0.4, 0.5) is 13.2 Å². The molecule has 1 saturated heterocycles. The maximum absolute atomic E-state index is 13.3. The fourth-order valence-corrected chi connectivity index (χ4v) is 3.72. The van der Waals surface area contributed by atoms with Gasteiger partial charge in [0.05, 0.1) is 42.7 Å². The third-order valence-corrected chi connectivity index (χ3v) is 5.25. The van der Waals surface area contributed by atoms with E-state index in [1.54, 1.807) is 12.4 Å². The number of ether oxygens (including phenoxy) is 2. The van der Waals surface area contributed by atoms with Gasteiger partial charge in [-0.2, -0.15) is 13.2 Å². The van der Waals surface area contributed by atoms with Crippen LogP contribution in [0.15, 0.2) is 42.7 Å². The Labute approximate surface area is 239 Å². The molecule has 1 aliphatic rings. The number of alkyl halides is 3. The third kappa shape index (κ3) is 6.08. The number of aromatic nitrogens is 2.